The molecule has 4 heteroatoms. The fourth-order valence-corrected chi connectivity index (χ4v) is 1.52. The van der Waals surface area contributed by atoms with E-state index in [1.54, 1.807) is 29.2 Å². The molecule has 0 fully saturated rings. The number of hydrogen-bond acceptors (Lipinski definition) is 2. The van der Waals surface area contributed by atoms with Crippen LogP contribution in [0.5, 0.6) is 0 Å². The van der Waals surface area contributed by atoms with E-state index < -0.39 is 0 Å². The molecular weight excluding hydrogens is 224 g/mol. The van der Waals surface area contributed by atoms with Crippen LogP contribution in [0.1, 0.15) is 24.2 Å². The molecule has 0 atom stereocenters. The normalized spacial score (nSPS) is 9.75. The van der Waals surface area contributed by atoms with Gasteiger partial charge in [0.25, 0.3) is 5.91 Å². The number of halogens is 1. The Hall–Kier alpha value is -1.22. The summed E-state index contributed by atoms with van der Waals surface area (Å²) in [6.45, 7) is 4.93. The van der Waals surface area contributed by atoms with Gasteiger partial charge in [0.15, 0.2) is 0 Å². The minimum absolute atomic E-state index is 0. The second kappa shape index (κ2) is 6.38. The van der Waals surface area contributed by atoms with Gasteiger partial charge in [-0.3, -0.25) is 4.79 Å². The molecule has 16 heavy (non-hydrogen) atoms. The van der Waals surface area contributed by atoms with Crippen LogP contribution >= 0.6 is 12.4 Å². The molecule has 0 aliphatic rings. The molecular formula is C12H19ClN2O. The molecule has 0 heterocycles. The van der Waals surface area contributed by atoms with E-state index in [-0.39, 0.29) is 18.3 Å². The van der Waals surface area contributed by atoms with Crippen molar-refractivity contribution in [3.05, 3.63) is 29.8 Å². The molecule has 0 unspecified atom stereocenters. The van der Waals surface area contributed by atoms with Crippen molar-refractivity contribution in [2.75, 3.05) is 19.3 Å². The third-order valence-corrected chi connectivity index (χ3v) is 2.12. The highest BCUT2D eigenvalue weighted by Gasteiger charge is 2.12. The maximum Gasteiger partial charge on any atom is 0.253 e. The maximum atomic E-state index is 11.9. The molecule has 1 rings (SSSR count). The smallest absolute Gasteiger partial charge is 0.253 e. The fourth-order valence-electron chi connectivity index (χ4n) is 1.52. The number of benzene rings is 1. The Kier molecular flexibility index (Phi) is 5.89. The van der Waals surface area contributed by atoms with E-state index in [4.69, 9.17) is 5.73 Å². The zero-order chi connectivity index (χ0) is 11.4. The van der Waals surface area contributed by atoms with Gasteiger partial charge in [-0.25, -0.2) is 0 Å². The van der Waals surface area contributed by atoms with Gasteiger partial charge in [-0.05, 0) is 24.1 Å². The number of hydrogen-bond donors (Lipinski definition) is 1. The van der Waals surface area contributed by atoms with Gasteiger partial charge in [-0.15, -0.1) is 12.4 Å². The van der Waals surface area contributed by atoms with Gasteiger partial charge in [0.05, 0.1) is 0 Å². The lowest BCUT2D eigenvalue weighted by Crippen LogP contribution is -2.30. The van der Waals surface area contributed by atoms with E-state index in [1.807, 2.05) is 7.05 Å². The zero-order valence-corrected chi connectivity index (χ0v) is 10.8. The minimum Gasteiger partial charge on any atom is -0.399 e. The van der Waals surface area contributed by atoms with Crippen molar-refractivity contribution < 1.29 is 4.79 Å². The van der Waals surface area contributed by atoms with Crippen LogP contribution in [0, 0.1) is 5.92 Å². The van der Waals surface area contributed by atoms with E-state index in [0.29, 0.717) is 17.2 Å². The van der Waals surface area contributed by atoms with Crippen LogP contribution in [0.4, 0.5) is 5.69 Å². The van der Waals surface area contributed by atoms with Gasteiger partial charge in [0, 0.05) is 24.8 Å². The number of nitrogen functional groups attached to an aromatic ring is 1. The average Bonchev–Trinajstić information content (AvgIpc) is 2.15. The van der Waals surface area contributed by atoms with Crippen molar-refractivity contribution in [1.82, 2.24) is 4.90 Å². The monoisotopic (exact) mass is 242 g/mol. The summed E-state index contributed by atoms with van der Waals surface area (Å²) in [5.41, 5.74) is 6.90. The van der Waals surface area contributed by atoms with E-state index >= 15 is 0 Å². The molecule has 90 valence electrons. The lowest BCUT2D eigenvalue weighted by molar-refractivity contribution is 0.0779. The highest BCUT2D eigenvalue weighted by molar-refractivity contribution is 5.94. The molecule has 0 saturated carbocycles. The maximum absolute atomic E-state index is 11.9. The minimum atomic E-state index is 0. The highest BCUT2D eigenvalue weighted by Crippen LogP contribution is 2.09. The zero-order valence-electron chi connectivity index (χ0n) is 9.93. The predicted molar refractivity (Wildman–Crippen MR) is 69.9 cm³/mol. The first-order valence-electron chi connectivity index (χ1n) is 5.11. The number of carbonyl (C=O) groups is 1. The Labute approximate surface area is 103 Å². The third-order valence-electron chi connectivity index (χ3n) is 2.12. The molecule has 0 radical (unpaired) electrons. The summed E-state index contributed by atoms with van der Waals surface area (Å²) >= 11 is 0. The summed E-state index contributed by atoms with van der Waals surface area (Å²) in [7, 11) is 1.81. The molecule has 3 nitrogen and oxygen atoms in total. The summed E-state index contributed by atoms with van der Waals surface area (Å²) in [5.74, 6) is 0.496. The Bertz CT molecular complexity index is 353. The number of nitrogens with zero attached hydrogens (tertiary/aromatic N) is 1. The van der Waals surface area contributed by atoms with E-state index in [1.165, 1.54) is 0 Å². The molecule has 0 bridgehead atoms. The molecule has 0 aromatic heterocycles. The average molecular weight is 243 g/mol. The summed E-state index contributed by atoms with van der Waals surface area (Å²) in [4.78, 5) is 13.6. The third kappa shape index (κ3) is 4.11. The van der Waals surface area contributed by atoms with E-state index in [2.05, 4.69) is 13.8 Å². The van der Waals surface area contributed by atoms with E-state index in [9.17, 15) is 4.79 Å². The number of amides is 1. The first-order chi connectivity index (χ1) is 7.00. The quantitative estimate of drug-likeness (QED) is 0.828. The van der Waals surface area contributed by atoms with E-state index in [0.717, 1.165) is 6.54 Å². The van der Waals surface area contributed by atoms with Crippen LogP contribution in [0.15, 0.2) is 24.3 Å². The largest absolute Gasteiger partial charge is 0.399 e. The van der Waals surface area contributed by atoms with Crippen LogP contribution in [-0.4, -0.2) is 24.4 Å². The van der Waals surface area contributed by atoms with Gasteiger partial charge in [0.2, 0.25) is 0 Å². The van der Waals surface area contributed by atoms with Crippen molar-refractivity contribution in [2.24, 2.45) is 5.92 Å². The SMILES string of the molecule is CC(C)CN(C)C(=O)c1cccc(N)c1.Cl. The predicted octanol–water partition coefficient (Wildman–Crippen LogP) is 2.42. The Balaban J connectivity index is 0.00000225. The summed E-state index contributed by atoms with van der Waals surface area (Å²) in [5, 5.41) is 0. The highest BCUT2D eigenvalue weighted by atomic mass is 35.5. The molecule has 1 aromatic rings. The van der Waals surface area contributed by atoms with Crippen molar-refractivity contribution in [3.8, 4) is 0 Å². The van der Waals surface area contributed by atoms with Gasteiger partial charge < -0.3 is 10.6 Å². The van der Waals surface area contributed by atoms with Gasteiger partial charge in [-0.1, -0.05) is 19.9 Å². The summed E-state index contributed by atoms with van der Waals surface area (Å²) in [6, 6.07) is 7.07. The molecule has 0 aliphatic carbocycles. The van der Waals surface area contributed by atoms with Crippen LogP contribution in [-0.2, 0) is 0 Å². The Morgan fingerprint density at radius 3 is 2.56 bits per heavy atom. The second-order valence-corrected chi connectivity index (χ2v) is 4.20. The van der Waals surface area contributed by atoms with Crippen LogP contribution in [0.3, 0.4) is 0 Å². The number of anilines is 1. The standard InChI is InChI=1S/C12H18N2O.ClH/c1-9(2)8-14(3)12(15)10-5-4-6-11(13)7-10;/h4-7,9H,8,13H2,1-3H3;1H. The Morgan fingerprint density at radius 2 is 2.06 bits per heavy atom. The van der Waals surface area contributed by atoms with Crippen molar-refractivity contribution in [2.45, 2.75) is 13.8 Å². The van der Waals surface area contributed by atoms with Gasteiger partial charge in [0.1, 0.15) is 0 Å². The number of rotatable bonds is 3. The molecule has 1 aromatic carbocycles. The molecule has 0 aliphatic heterocycles. The first-order valence-corrected chi connectivity index (χ1v) is 5.11. The lowest BCUT2D eigenvalue weighted by Gasteiger charge is -2.19. The van der Waals surface area contributed by atoms with Gasteiger partial charge in [-0.2, -0.15) is 0 Å². The van der Waals surface area contributed by atoms with Gasteiger partial charge >= 0.3 is 0 Å². The summed E-state index contributed by atoms with van der Waals surface area (Å²) in [6.07, 6.45) is 0. The number of nitrogens with two attached hydrogens (primary N) is 1. The van der Waals surface area contributed by atoms with Crippen molar-refractivity contribution in [1.29, 1.82) is 0 Å². The topological polar surface area (TPSA) is 46.3 Å². The Morgan fingerprint density at radius 1 is 1.44 bits per heavy atom. The summed E-state index contributed by atoms with van der Waals surface area (Å²) < 4.78 is 0. The van der Waals surface area contributed by atoms with Crippen LogP contribution in [0.25, 0.3) is 0 Å². The first kappa shape index (κ1) is 14.8. The molecule has 2 N–H and O–H groups in total. The van der Waals surface area contributed by atoms with Crippen molar-refractivity contribution >= 4 is 24.0 Å². The fraction of sp³-hybridized carbons (Fsp3) is 0.417. The molecule has 0 spiro atoms. The molecule has 0 saturated heterocycles. The van der Waals surface area contributed by atoms with Crippen molar-refractivity contribution in [3.63, 3.8) is 0 Å². The number of carbonyl (C=O) groups excluding carboxylic acids is 1. The van der Waals surface area contributed by atoms with Crippen LogP contribution < -0.4 is 5.73 Å². The lowest BCUT2D eigenvalue weighted by atomic mass is 10.1. The van der Waals surface area contributed by atoms with Crippen LogP contribution in [0.2, 0.25) is 0 Å². The second-order valence-electron chi connectivity index (χ2n) is 4.20. The molecule has 1 amide bonds.